The van der Waals surface area contributed by atoms with Gasteiger partial charge in [0.1, 0.15) is 0 Å². The van der Waals surface area contributed by atoms with Crippen LogP contribution in [0.1, 0.15) is 6.42 Å². The van der Waals surface area contributed by atoms with Crippen LogP contribution in [-0.4, -0.2) is 15.2 Å². The predicted octanol–water partition coefficient (Wildman–Crippen LogP) is 2.71. The molecular weight excluding hydrogens is 271 g/mol. The molecule has 0 aromatic heterocycles. The van der Waals surface area contributed by atoms with Crippen LogP contribution < -0.4 is 0 Å². The quantitative estimate of drug-likeness (QED) is 0.256. The molecule has 0 spiro atoms. The Morgan fingerprint density at radius 3 is 2.60 bits per heavy atom. The standard InChI is InChI=1S/C7H3Cl3FNO3/c8-4-2-7(10,12(14)15)5(11)1-3(4)6(9)13/h1H,2H2. The van der Waals surface area contributed by atoms with Crippen LogP contribution in [0.4, 0.5) is 4.39 Å². The number of halogens is 4. The van der Waals surface area contributed by atoms with Crippen LogP contribution in [-0.2, 0) is 4.79 Å². The van der Waals surface area contributed by atoms with E-state index >= 15 is 0 Å². The van der Waals surface area contributed by atoms with Crippen molar-refractivity contribution >= 4 is 40.0 Å². The van der Waals surface area contributed by atoms with Crippen LogP contribution in [0.3, 0.4) is 0 Å². The van der Waals surface area contributed by atoms with Crippen molar-refractivity contribution in [2.45, 2.75) is 11.4 Å². The number of allylic oxidation sites excluding steroid dienone is 2. The Kier molecular flexibility index (Phi) is 3.38. The van der Waals surface area contributed by atoms with E-state index in [2.05, 4.69) is 0 Å². The van der Waals surface area contributed by atoms with Gasteiger partial charge in [-0.25, -0.2) is 4.39 Å². The highest BCUT2D eigenvalue weighted by Gasteiger charge is 2.49. The minimum Gasteiger partial charge on any atom is -0.276 e. The zero-order valence-corrected chi connectivity index (χ0v) is 9.24. The molecule has 0 fully saturated rings. The second kappa shape index (κ2) is 4.08. The Morgan fingerprint density at radius 1 is 1.67 bits per heavy atom. The minimum absolute atomic E-state index is 0.233. The summed E-state index contributed by atoms with van der Waals surface area (Å²) < 4.78 is 13.3. The van der Waals surface area contributed by atoms with E-state index in [4.69, 9.17) is 34.8 Å². The average molecular weight is 274 g/mol. The topological polar surface area (TPSA) is 60.2 Å². The van der Waals surface area contributed by atoms with E-state index in [0.717, 1.165) is 0 Å². The Bertz CT molecular complexity index is 406. The third-order valence-corrected chi connectivity index (χ3v) is 2.81. The molecule has 0 bridgehead atoms. The van der Waals surface area contributed by atoms with Crippen molar-refractivity contribution in [3.8, 4) is 0 Å². The van der Waals surface area contributed by atoms with Crippen LogP contribution in [0.25, 0.3) is 0 Å². The first-order chi connectivity index (χ1) is 6.79. The monoisotopic (exact) mass is 273 g/mol. The molecule has 0 aromatic carbocycles. The Hall–Kier alpha value is -0.650. The minimum atomic E-state index is -2.44. The first kappa shape index (κ1) is 12.4. The molecule has 1 atom stereocenters. The van der Waals surface area contributed by atoms with E-state index in [-0.39, 0.29) is 10.6 Å². The predicted molar refractivity (Wildman–Crippen MR) is 53.1 cm³/mol. The average Bonchev–Trinajstić information content (AvgIpc) is 2.10. The number of nitrogens with zero attached hydrogens (tertiary/aromatic N) is 1. The number of alkyl halides is 1. The molecule has 15 heavy (non-hydrogen) atoms. The van der Waals surface area contributed by atoms with Gasteiger partial charge in [-0.15, -0.1) is 0 Å². The fourth-order valence-electron chi connectivity index (χ4n) is 1.02. The van der Waals surface area contributed by atoms with Crippen molar-refractivity contribution in [1.29, 1.82) is 0 Å². The third kappa shape index (κ3) is 2.14. The van der Waals surface area contributed by atoms with Crippen LogP contribution in [0.5, 0.6) is 0 Å². The molecule has 82 valence electrons. The summed E-state index contributed by atoms with van der Waals surface area (Å²) in [5.74, 6) is -1.26. The van der Waals surface area contributed by atoms with E-state index in [1.165, 1.54) is 0 Å². The molecule has 4 nitrogen and oxygen atoms in total. The summed E-state index contributed by atoms with van der Waals surface area (Å²) in [5, 5.41) is 9.28. The molecule has 0 radical (unpaired) electrons. The summed E-state index contributed by atoms with van der Waals surface area (Å²) in [6, 6.07) is 0. The fourth-order valence-corrected chi connectivity index (χ4v) is 1.82. The normalized spacial score (nSPS) is 26.3. The molecule has 1 aliphatic carbocycles. The van der Waals surface area contributed by atoms with Crippen molar-refractivity contribution < 1.29 is 14.1 Å². The second-order valence-corrected chi connectivity index (χ2v) is 4.20. The molecule has 0 heterocycles. The summed E-state index contributed by atoms with van der Waals surface area (Å²) in [4.78, 5) is 17.8. The lowest BCUT2D eigenvalue weighted by atomic mass is 10.0. The Balaban J connectivity index is 3.21. The van der Waals surface area contributed by atoms with Crippen LogP contribution in [0.15, 0.2) is 22.5 Å². The molecule has 0 N–H and O–H groups in total. The van der Waals surface area contributed by atoms with E-state index < -0.39 is 27.4 Å². The SMILES string of the molecule is O=C(Cl)C1=C(Cl)CC(Cl)([N+](=O)[O-])C(F)=C1. The lowest BCUT2D eigenvalue weighted by molar-refractivity contribution is -0.533. The summed E-state index contributed by atoms with van der Waals surface area (Å²) in [6.45, 7) is 0. The van der Waals surface area contributed by atoms with Gasteiger partial charge in [-0.05, 0) is 29.3 Å². The number of carbonyl (C=O) groups excluding carboxylic acids is 1. The summed E-state index contributed by atoms with van der Waals surface area (Å²) in [7, 11) is 0. The van der Waals surface area contributed by atoms with Crippen LogP contribution in [0.2, 0.25) is 0 Å². The van der Waals surface area contributed by atoms with Gasteiger partial charge in [0.25, 0.3) is 5.24 Å². The molecule has 0 amide bonds. The molecule has 0 saturated heterocycles. The molecule has 1 unspecified atom stereocenters. The molecule has 0 aliphatic heterocycles. The Labute approximate surface area is 98.4 Å². The maximum Gasteiger partial charge on any atom is 0.350 e. The van der Waals surface area contributed by atoms with Gasteiger partial charge < -0.3 is 0 Å². The van der Waals surface area contributed by atoms with Crippen molar-refractivity contribution in [3.05, 3.63) is 32.6 Å². The van der Waals surface area contributed by atoms with E-state index in [9.17, 15) is 19.3 Å². The number of hydrogen-bond acceptors (Lipinski definition) is 3. The first-order valence-electron chi connectivity index (χ1n) is 3.58. The number of hydrogen-bond donors (Lipinski definition) is 0. The molecule has 0 saturated carbocycles. The zero-order chi connectivity index (χ0) is 11.8. The van der Waals surface area contributed by atoms with Gasteiger partial charge in [-0.3, -0.25) is 14.9 Å². The second-order valence-electron chi connectivity index (χ2n) is 2.78. The van der Waals surface area contributed by atoms with Gasteiger partial charge in [-0.1, -0.05) is 11.6 Å². The zero-order valence-electron chi connectivity index (χ0n) is 6.97. The number of rotatable bonds is 2. The van der Waals surface area contributed by atoms with Crippen molar-refractivity contribution in [1.82, 2.24) is 0 Å². The largest absolute Gasteiger partial charge is 0.350 e. The van der Waals surface area contributed by atoms with Crippen molar-refractivity contribution in [2.75, 3.05) is 0 Å². The van der Waals surface area contributed by atoms with E-state index in [1.807, 2.05) is 0 Å². The highest BCUT2D eigenvalue weighted by Crippen LogP contribution is 2.41. The molecule has 8 heteroatoms. The van der Waals surface area contributed by atoms with Gasteiger partial charge in [0.05, 0.1) is 16.9 Å². The molecule has 1 aliphatic rings. The van der Waals surface area contributed by atoms with E-state index in [1.54, 1.807) is 0 Å². The molecular formula is C7H3Cl3FNO3. The third-order valence-electron chi connectivity index (χ3n) is 1.82. The maximum absolute atomic E-state index is 13.3. The van der Waals surface area contributed by atoms with Crippen molar-refractivity contribution in [3.63, 3.8) is 0 Å². The molecule has 1 rings (SSSR count). The highest BCUT2D eigenvalue weighted by atomic mass is 35.5. The Morgan fingerprint density at radius 2 is 2.20 bits per heavy atom. The van der Waals surface area contributed by atoms with Gasteiger partial charge in [0.15, 0.2) is 5.83 Å². The van der Waals surface area contributed by atoms with Crippen LogP contribution in [0, 0.1) is 10.1 Å². The smallest absolute Gasteiger partial charge is 0.276 e. The maximum atomic E-state index is 13.3. The van der Waals surface area contributed by atoms with Gasteiger partial charge in [-0.2, -0.15) is 0 Å². The van der Waals surface area contributed by atoms with Gasteiger partial charge in [0.2, 0.25) is 0 Å². The highest BCUT2D eigenvalue weighted by molar-refractivity contribution is 6.68. The van der Waals surface area contributed by atoms with Crippen molar-refractivity contribution in [2.24, 2.45) is 0 Å². The number of nitro groups is 1. The lowest BCUT2D eigenvalue weighted by Crippen LogP contribution is -2.35. The van der Waals surface area contributed by atoms with Gasteiger partial charge >= 0.3 is 5.00 Å². The summed E-state index contributed by atoms with van der Waals surface area (Å²) in [5.41, 5.74) is -0.311. The summed E-state index contributed by atoms with van der Waals surface area (Å²) in [6.07, 6.45) is -0.0315. The number of carbonyl (C=O) groups is 1. The lowest BCUT2D eigenvalue weighted by Gasteiger charge is -2.20. The summed E-state index contributed by atoms with van der Waals surface area (Å²) >= 11 is 16.0. The fraction of sp³-hybridized carbons (Fsp3) is 0.286. The van der Waals surface area contributed by atoms with Gasteiger partial charge in [0, 0.05) is 5.03 Å². The first-order valence-corrected chi connectivity index (χ1v) is 4.72. The van der Waals surface area contributed by atoms with E-state index in [0.29, 0.717) is 6.08 Å². The molecule has 0 aromatic rings. The van der Waals surface area contributed by atoms with Crippen LogP contribution >= 0.6 is 34.8 Å².